The summed E-state index contributed by atoms with van der Waals surface area (Å²) in [5.41, 5.74) is 3.14. The summed E-state index contributed by atoms with van der Waals surface area (Å²) in [6.45, 7) is 0.115. The van der Waals surface area contributed by atoms with Crippen molar-refractivity contribution in [3.63, 3.8) is 0 Å². The molecule has 0 bridgehead atoms. The fraction of sp³-hybridized carbons (Fsp3) is 0.0870. The molecular formula is C23H15ClFNO3. The van der Waals surface area contributed by atoms with Crippen LogP contribution in [0.2, 0.25) is 5.02 Å². The molecule has 0 saturated heterocycles. The Hall–Kier alpha value is -3.31. The Morgan fingerprint density at radius 1 is 0.897 bits per heavy atom. The molecule has 144 valence electrons. The number of hydrogen-bond donors (Lipinski definition) is 0. The molecule has 3 aromatic rings. The summed E-state index contributed by atoms with van der Waals surface area (Å²) in [6.07, 6.45) is 1.98. The summed E-state index contributed by atoms with van der Waals surface area (Å²) in [7, 11) is 0. The number of fused-ring (bicyclic) bond motifs is 2. The van der Waals surface area contributed by atoms with E-state index >= 15 is 0 Å². The molecule has 0 fully saturated rings. The maximum absolute atomic E-state index is 13.0. The van der Waals surface area contributed by atoms with Crippen LogP contribution < -0.4 is 0 Å². The van der Waals surface area contributed by atoms with Gasteiger partial charge in [0, 0.05) is 40.5 Å². The molecule has 0 radical (unpaired) electrons. The quantitative estimate of drug-likeness (QED) is 0.345. The van der Waals surface area contributed by atoms with Crippen molar-refractivity contribution in [2.75, 3.05) is 0 Å². The summed E-state index contributed by atoms with van der Waals surface area (Å²) in [5, 5.41) is 4.15. The second kappa shape index (κ2) is 7.97. The molecular weight excluding hydrogens is 393 g/mol. The normalized spacial score (nSPS) is 12.8. The highest BCUT2D eigenvalue weighted by molar-refractivity contribution is 6.31. The van der Waals surface area contributed by atoms with Crippen LogP contribution in [-0.4, -0.2) is 17.8 Å². The van der Waals surface area contributed by atoms with Crippen LogP contribution in [0.4, 0.5) is 4.39 Å². The van der Waals surface area contributed by atoms with Gasteiger partial charge in [-0.2, -0.15) is 0 Å². The van der Waals surface area contributed by atoms with Gasteiger partial charge in [-0.25, -0.2) is 4.39 Å². The van der Waals surface area contributed by atoms with Gasteiger partial charge in [0.15, 0.2) is 11.6 Å². The van der Waals surface area contributed by atoms with Crippen LogP contribution in [-0.2, 0) is 17.9 Å². The van der Waals surface area contributed by atoms with E-state index in [1.54, 1.807) is 48.7 Å². The minimum absolute atomic E-state index is 0.115. The molecule has 1 aliphatic carbocycles. The number of carbonyl (C=O) groups is 2. The van der Waals surface area contributed by atoms with Gasteiger partial charge in [-0.05, 0) is 23.8 Å². The first-order chi connectivity index (χ1) is 14.0. The van der Waals surface area contributed by atoms with Crippen LogP contribution in [0.3, 0.4) is 0 Å². The second-order valence-corrected chi connectivity index (χ2v) is 6.99. The average molecular weight is 408 g/mol. The second-order valence-electron chi connectivity index (χ2n) is 6.59. The van der Waals surface area contributed by atoms with Gasteiger partial charge >= 0.3 is 0 Å². The lowest BCUT2D eigenvalue weighted by Crippen LogP contribution is -2.21. The average Bonchev–Trinajstić information content (AvgIpc) is 2.73. The minimum Gasteiger partial charge on any atom is -0.391 e. The molecule has 0 amide bonds. The highest BCUT2D eigenvalue weighted by atomic mass is 35.5. The molecule has 0 aliphatic heterocycles. The van der Waals surface area contributed by atoms with Crippen molar-refractivity contribution in [3.05, 3.63) is 105 Å². The molecule has 6 heteroatoms. The Morgan fingerprint density at radius 2 is 1.59 bits per heavy atom. The van der Waals surface area contributed by atoms with Crippen LogP contribution >= 0.6 is 11.6 Å². The van der Waals surface area contributed by atoms with Crippen LogP contribution in [0, 0.1) is 5.82 Å². The molecule has 0 N–H and O–H groups in total. The number of carbonyl (C=O) groups excluding carboxylic acids is 2. The van der Waals surface area contributed by atoms with Crippen molar-refractivity contribution < 1.29 is 18.8 Å². The fourth-order valence-electron chi connectivity index (χ4n) is 3.21. The number of ketones is 2. The molecule has 0 unspecified atom stereocenters. The van der Waals surface area contributed by atoms with Crippen LogP contribution in [0.25, 0.3) is 0 Å². The van der Waals surface area contributed by atoms with E-state index in [0.717, 1.165) is 5.56 Å². The maximum atomic E-state index is 13.0. The predicted molar refractivity (Wildman–Crippen MR) is 108 cm³/mol. The van der Waals surface area contributed by atoms with Crippen molar-refractivity contribution in [1.29, 1.82) is 0 Å². The van der Waals surface area contributed by atoms with Gasteiger partial charge in [-0.1, -0.05) is 59.2 Å². The largest absolute Gasteiger partial charge is 0.391 e. The van der Waals surface area contributed by atoms with E-state index in [9.17, 15) is 14.0 Å². The monoisotopic (exact) mass is 407 g/mol. The summed E-state index contributed by atoms with van der Waals surface area (Å²) < 4.78 is 13.0. The first-order valence-corrected chi connectivity index (χ1v) is 9.31. The van der Waals surface area contributed by atoms with Gasteiger partial charge < -0.3 is 4.84 Å². The van der Waals surface area contributed by atoms with Gasteiger partial charge in [0.05, 0.1) is 5.02 Å². The molecule has 29 heavy (non-hydrogen) atoms. The van der Waals surface area contributed by atoms with Crippen molar-refractivity contribution in [3.8, 4) is 0 Å². The molecule has 4 nitrogen and oxygen atoms in total. The Labute approximate surface area is 171 Å². The van der Waals surface area contributed by atoms with E-state index in [1.165, 1.54) is 18.2 Å². The number of halogens is 2. The zero-order chi connectivity index (χ0) is 20.4. The highest BCUT2D eigenvalue weighted by Gasteiger charge is 2.29. The Bertz CT molecular complexity index is 1160. The Morgan fingerprint density at radius 3 is 2.31 bits per heavy atom. The molecule has 3 aromatic carbocycles. The van der Waals surface area contributed by atoms with E-state index in [0.29, 0.717) is 34.2 Å². The lowest BCUT2D eigenvalue weighted by atomic mass is 9.83. The topological polar surface area (TPSA) is 55.7 Å². The van der Waals surface area contributed by atoms with Gasteiger partial charge in [-0.15, -0.1) is 0 Å². The minimum atomic E-state index is -0.412. The Kier molecular flexibility index (Phi) is 5.23. The van der Waals surface area contributed by atoms with E-state index in [2.05, 4.69) is 5.16 Å². The summed E-state index contributed by atoms with van der Waals surface area (Å²) in [6, 6.07) is 16.1. The molecule has 4 rings (SSSR count). The number of nitrogens with zero attached hydrogens (tertiary/aromatic N) is 1. The highest BCUT2D eigenvalue weighted by Crippen LogP contribution is 2.28. The van der Waals surface area contributed by atoms with Gasteiger partial charge in [0.25, 0.3) is 0 Å². The molecule has 0 aromatic heterocycles. The van der Waals surface area contributed by atoms with E-state index in [-0.39, 0.29) is 23.2 Å². The zero-order valence-corrected chi connectivity index (χ0v) is 15.9. The van der Waals surface area contributed by atoms with Crippen LogP contribution in [0.15, 0.2) is 65.8 Å². The van der Waals surface area contributed by atoms with Gasteiger partial charge in [0.1, 0.15) is 12.4 Å². The third-order valence-electron chi connectivity index (χ3n) is 4.70. The smallest absolute Gasteiger partial charge is 0.194 e. The molecule has 0 spiro atoms. The summed E-state index contributed by atoms with van der Waals surface area (Å²) in [5.74, 6) is -0.712. The SMILES string of the molecule is O=C1c2ccccc2C(=O)c2cc(CC=NOCc3ccc(F)cc3Cl)ccc21. The van der Waals surface area contributed by atoms with Crippen LogP contribution in [0.5, 0.6) is 0 Å². The third kappa shape index (κ3) is 3.82. The van der Waals surface area contributed by atoms with E-state index in [4.69, 9.17) is 16.4 Å². The first kappa shape index (κ1) is 19.0. The standard InChI is InChI=1S/C23H15ClFNO3/c24-21-12-16(25)7-6-15(21)13-29-26-10-9-14-5-8-19-20(11-14)23(28)18-4-2-1-3-17(18)22(19)27/h1-8,10-12H,9,13H2. The van der Waals surface area contributed by atoms with Gasteiger partial charge in [0.2, 0.25) is 0 Å². The van der Waals surface area contributed by atoms with Crippen LogP contribution in [0.1, 0.15) is 43.0 Å². The van der Waals surface area contributed by atoms with Gasteiger partial charge in [-0.3, -0.25) is 9.59 Å². The number of rotatable bonds is 5. The third-order valence-corrected chi connectivity index (χ3v) is 5.05. The molecule has 0 heterocycles. The number of benzene rings is 3. The Balaban J connectivity index is 1.44. The molecule has 0 saturated carbocycles. The van der Waals surface area contributed by atoms with Crippen molar-refractivity contribution >= 4 is 29.4 Å². The van der Waals surface area contributed by atoms with Crippen molar-refractivity contribution in [2.24, 2.45) is 5.16 Å². The predicted octanol–water partition coefficient (Wildman–Crippen LogP) is 5.00. The zero-order valence-electron chi connectivity index (χ0n) is 15.2. The fourth-order valence-corrected chi connectivity index (χ4v) is 3.44. The molecule has 0 atom stereocenters. The number of hydrogen-bond acceptors (Lipinski definition) is 4. The van der Waals surface area contributed by atoms with E-state index in [1.807, 2.05) is 0 Å². The van der Waals surface area contributed by atoms with Crippen molar-refractivity contribution in [1.82, 2.24) is 0 Å². The lowest BCUT2D eigenvalue weighted by Gasteiger charge is -2.17. The van der Waals surface area contributed by atoms with E-state index < -0.39 is 5.82 Å². The molecule has 1 aliphatic rings. The summed E-state index contributed by atoms with van der Waals surface area (Å²) >= 11 is 5.94. The maximum Gasteiger partial charge on any atom is 0.194 e. The van der Waals surface area contributed by atoms with Crippen molar-refractivity contribution in [2.45, 2.75) is 13.0 Å². The number of oxime groups is 1. The summed E-state index contributed by atoms with van der Waals surface area (Å²) in [4.78, 5) is 30.6. The first-order valence-electron chi connectivity index (χ1n) is 8.93. The lowest BCUT2D eigenvalue weighted by molar-refractivity contribution is 0.0979.